The van der Waals surface area contributed by atoms with Crippen molar-refractivity contribution < 1.29 is 4.74 Å². The second-order valence-corrected chi connectivity index (χ2v) is 7.30. The summed E-state index contributed by atoms with van der Waals surface area (Å²) in [6, 6.07) is 10.8. The van der Waals surface area contributed by atoms with E-state index in [0.29, 0.717) is 11.5 Å². The molecule has 4 rings (SSSR count). The Morgan fingerprint density at radius 1 is 1.22 bits per heavy atom. The number of pyridine rings is 1. The summed E-state index contributed by atoms with van der Waals surface area (Å²) < 4.78 is 5.86. The van der Waals surface area contributed by atoms with E-state index >= 15 is 0 Å². The number of methoxy groups -OCH3 is 1. The molecule has 2 fully saturated rings. The molecule has 1 aliphatic carbocycles. The molecule has 0 radical (unpaired) electrons. The highest BCUT2D eigenvalue weighted by Crippen LogP contribution is 2.47. The first-order valence-corrected chi connectivity index (χ1v) is 8.86. The van der Waals surface area contributed by atoms with Crippen molar-refractivity contribution in [2.45, 2.75) is 45.1 Å². The SMILES string of the molecule is CO[C@@H]1CCC[C@]12CCCN(c1cc(C)nc3ccccc13)C2. The molecule has 0 amide bonds. The van der Waals surface area contributed by atoms with E-state index in [1.807, 2.05) is 7.11 Å². The van der Waals surface area contributed by atoms with E-state index in [1.54, 1.807) is 0 Å². The number of piperidine rings is 1. The van der Waals surface area contributed by atoms with Crippen LogP contribution in [0.25, 0.3) is 10.9 Å². The molecule has 1 saturated heterocycles. The Morgan fingerprint density at radius 3 is 2.91 bits per heavy atom. The van der Waals surface area contributed by atoms with Gasteiger partial charge in [-0.2, -0.15) is 0 Å². The Bertz CT molecular complexity index is 714. The van der Waals surface area contributed by atoms with Crippen LogP contribution in [0.2, 0.25) is 0 Å². The number of rotatable bonds is 2. The van der Waals surface area contributed by atoms with E-state index in [4.69, 9.17) is 9.72 Å². The zero-order valence-electron chi connectivity index (χ0n) is 14.2. The highest BCUT2D eigenvalue weighted by atomic mass is 16.5. The minimum absolute atomic E-state index is 0.352. The van der Waals surface area contributed by atoms with Gasteiger partial charge in [-0.3, -0.25) is 4.98 Å². The van der Waals surface area contributed by atoms with Crippen molar-refractivity contribution in [3.63, 3.8) is 0 Å². The first-order chi connectivity index (χ1) is 11.2. The fraction of sp³-hybridized carbons (Fsp3) is 0.550. The Labute approximate surface area is 138 Å². The number of hydrogen-bond donors (Lipinski definition) is 0. The summed E-state index contributed by atoms with van der Waals surface area (Å²) in [6.07, 6.45) is 6.84. The lowest BCUT2D eigenvalue weighted by Gasteiger charge is -2.45. The molecule has 2 aromatic rings. The average Bonchev–Trinajstić information content (AvgIpc) is 2.95. The normalized spacial score (nSPS) is 27.9. The summed E-state index contributed by atoms with van der Waals surface area (Å²) in [5.74, 6) is 0. The van der Waals surface area contributed by atoms with Gasteiger partial charge in [0.1, 0.15) is 0 Å². The number of aromatic nitrogens is 1. The van der Waals surface area contributed by atoms with Gasteiger partial charge in [0.05, 0.1) is 11.6 Å². The molecular weight excluding hydrogens is 284 g/mol. The maximum Gasteiger partial charge on any atom is 0.0726 e. The second kappa shape index (κ2) is 5.79. The largest absolute Gasteiger partial charge is 0.381 e. The van der Waals surface area contributed by atoms with Gasteiger partial charge in [0.15, 0.2) is 0 Å². The summed E-state index contributed by atoms with van der Waals surface area (Å²) in [5, 5.41) is 1.28. The topological polar surface area (TPSA) is 25.4 Å². The van der Waals surface area contributed by atoms with E-state index in [1.165, 1.54) is 43.2 Å². The molecule has 23 heavy (non-hydrogen) atoms. The molecule has 2 atom stereocenters. The molecule has 122 valence electrons. The fourth-order valence-electron chi connectivity index (χ4n) is 4.85. The zero-order valence-corrected chi connectivity index (χ0v) is 14.2. The molecule has 1 aromatic carbocycles. The van der Waals surface area contributed by atoms with E-state index in [0.717, 1.165) is 24.3 Å². The van der Waals surface area contributed by atoms with E-state index < -0.39 is 0 Å². The van der Waals surface area contributed by atoms with Crippen LogP contribution >= 0.6 is 0 Å². The van der Waals surface area contributed by atoms with Crippen molar-refractivity contribution in [3.8, 4) is 0 Å². The van der Waals surface area contributed by atoms with Gasteiger partial charge in [-0.25, -0.2) is 0 Å². The summed E-state index contributed by atoms with van der Waals surface area (Å²) in [7, 11) is 1.89. The number of nitrogens with zero attached hydrogens (tertiary/aromatic N) is 2. The smallest absolute Gasteiger partial charge is 0.0726 e. The molecule has 3 nitrogen and oxygen atoms in total. The number of ether oxygens (including phenoxy) is 1. The highest BCUT2D eigenvalue weighted by molar-refractivity contribution is 5.92. The van der Waals surface area contributed by atoms with Crippen LogP contribution in [0.5, 0.6) is 0 Å². The van der Waals surface area contributed by atoms with Gasteiger partial charge in [0.2, 0.25) is 0 Å². The number of aryl methyl sites for hydroxylation is 1. The van der Waals surface area contributed by atoms with Crippen LogP contribution < -0.4 is 4.90 Å². The van der Waals surface area contributed by atoms with Gasteiger partial charge in [0.25, 0.3) is 0 Å². The lowest BCUT2D eigenvalue weighted by Crippen LogP contribution is -2.48. The lowest BCUT2D eigenvalue weighted by molar-refractivity contribution is 0.00231. The summed E-state index contributed by atoms with van der Waals surface area (Å²) in [6.45, 7) is 4.37. The predicted molar refractivity (Wildman–Crippen MR) is 95.0 cm³/mol. The van der Waals surface area contributed by atoms with E-state index in [-0.39, 0.29) is 0 Å². The molecule has 0 bridgehead atoms. The molecule has 1 aromatic heterocycles. The molecule has 1 spiro atoms. The van der Waals surface area contributed by atoms with Gasteiger partial charge >= 0.3 is 0 Å². The van der Waals surface area contributed by atoms with E-state index in [2.05, 4.69) is 42.2 Å². The van der Waals surface area contributed by atoms with Gasteiger partial charge in [0, 0.05) is 42.4 Å². The molecular formula is C20H26N2O. The second-order valence-electron chi connectivity index (χ2n) is 7.30. The van der Waals surface area contributed by atoms with Crippen molar-refractivity contribution in [2.24, 2.45) is 5.41 Å². The van der Waals surface area contributed by atoms with Crippen molar-refractivity contribution >= 4 is 16.6 Å². The highest BCUT2D eigenvalue weighted by Gasteiger charge is 2.46. The van der Waals surface area contributed by atoms with E-state index in [9.17, 15) is 0 Å². The van der Waals surface area contributed by atoms with Crippen molar-refractivity contribution in [1.29, 1.82) is 0 Å². The van der Waals surface area contributed by atoms with Crippen LogP contribution in [0.15, 0.2) is 30.3 Å². The third-order valence-electron chi connectivity index (χ3n) is 5.88. The molecule has 0 unspecified atom stereocenters. The Kier molecular flexibility index (Phi) is 3.76. The van der Waals surface area contributed by atoms with Crippen LogP contribution in [-0.4, -0.2) is 31.3 Å². The van der Waals surface area contributed by atoms with Crippen molar-refractivity contribution in [1.82, 2.24) is 4.98 Å². The number of benzene rings is 1. The van der Waals surface area contributed by atoms with Crippen LogP contribution in [-0.2, 0) is 4.74 Å². The maximum atomic E-state index is 5.86. The Hall–Kier alpha value is -1.61. The van der Waals surface area contributed by atoms with Crippen molar-refractivity contribution in [2.75, 3.05) is 25.1 Å². The van der Waals surface area contributed by atoms with Gasteiger partial charge in [-0.1, -0.05) is 24.6 Å². The minimum atomic E-state index is 0.352. The molecule has 3 heteroatoms. The summed E-state index contributed by atoms with van der Waals surface area (Å²) in [5.41, 5.74) is 3.92. The standard InChI is InChI=1S/C20H26N2O/c1-15-13-18(16-7-3-4-8-17(16)21-15)22-12-6-11-20(14-22)10-5-9-19(20)23-2/h3-4,7-8,13,19H,5-6,9-12,14H2,1-2H3/t19-,20-/m1/s1. The Morgan fingerprint density at radius 2 is 2.04 bits per heavy atom. The number of fused-ring (bicyclic) bond motifs is 1. The molecule has 0 N–H and O–H groups in total. The van der Waals surface area contributed by atoms with Crippen LogP contribution in [0.3, 0.4) is 0 Å². The zero-order chi connectivity index (χ0) is 15.9. The molecule has 2 heterocycles. The first-order valence-electron chi connectivity index (χ1n) is 8.86. The quantitative estimate of drug-likeness (QED) is 0.825. The third kappa shape index (κ3) is 2.51. The minimum Gasteiger partial charge on any atom is -0.381 e. The summed E-state index contributed by atoms with van der Waals surface area (Å²) >= 11 is 0. The van der Waals surface area contributed by atoms with Gasteiger partial charge < -0.3 is 9.64 Å². The summed E-state index contributed by atoms with van der Waals surface area (Å²) in [4.78, 5) is 7.30. The first kappa shape index (κ1) is 14.9. The predicted octanol–water partition coefficient (Wildman–Crippen LogP) is 4.33. The molecule has 2 aliphatic rings. The number of anilines is 1. The van der Waals surface area contributed by atoms with Crippen LogP contribution in [0, 0.1) is 12.3 Å². The van der Waals surface area contributed by atoms with Gasteiger partial charge in [-0.15, -0.1) is 0 Å². The lowest BCUT2D eigenvalue weighted by atomic mass is 9.76. The van der Waals surface area contributed by atoms with Crippen LogP contribution in [0.1, 0.15) is 37.8 Å². The van der Waals surface area contributed by atoms with Crippen molar-refractivity contribution in [3.05, 3.63) is 36.0 Å². The monoisotopic (exact) mass is 310 g/mol. The number of para-hydroxylation sites is 1. The van der Waals surface area contributed by atoms with Crippen LogP contribution in [0.4, 0.5) is 5.69 Å². The average molecular weight is 310 g/mol. The molecule has 1 aliphatic heterocycles. The fourth-order valence-corrected chi connectivity index (χ4v) is 4.85. The maximum absolute atomic E-state index is 5.86. The van der Waals surface area contributed by atoms with Gasteiger partial charge in [-0.05, 0) is 44.7 Å². The number of hydrogen-bond acceptors (Lipinski definition) is 3. The Balaban J connectivity index is 1.73. The third-order valence-corrected chi connectivity index (χ3v) is 5.88. The molecule has 1 saturated carbocycles.